The molecule has 1 atom stereocenters. The van der Waals surface area contributed by atoms with E-state index in [2.05, 4.69) is 10.3 Å². The highest BCUT2D eigenvalue weighted by molar-refractivity contribution is 5.78. The second-order valence-electron chi connectivity index (χ2n) is 6.13. The summed E-state index contributed by atoms with van der Waals surface area (Å²) in [5.41, 5.74) is 1.99. The van der Waals surface area contributed by atoms with Crippen LogP contribution >= 0.6 is 0 Å². The highest BCUT2D eigenvalue weighted by Crippen LogP contribution is 2.23. The Morgan fingerprint density at radius 3 is 2.79 bits per heavy atom. The fraction of sp³-hybridized carbons (Fsp3) is 0.368. The van der Waals surface area contributed by atoms with Crippen LogP contribution in [0.2, 0.25) is 0 Å². The molecule has 1 aliphatic rings. The molecule has 1 aliphatic heterocycles. The summed E-state index contributed by atoms with van der Waals surface area (Å²) in [6, 6.07) is 12.5. The van der Waals surface area contributed by atoms with Crippen molar-refractivity contribution in [3.8, 4) is 0 Å². The summed E-state index contributed by atoms with van der Waals surface area (Å²) in [4.78, 5) is 18.3. The third kappa shape index (κ3) is 4.38. The molecular weight excluding hydrogens is 305 g/mol. The van der Waals surface area contributed by atoms with E-state index in [9.17, 15) is 9.18 Å². The number of halogens is 1. The van der Waals surface area contributed by atoms with Crippen molar-refractivity contribution >= 4 is 5.91 Å². The molecule has 0 saturated carbocycles. The summed E-state index contributed by atoms with van der Waals surface area (Å²) < 4.78 is 13.0. The summed E-state index contributed by atoms with van der Waals surface area (Å²) in [6.07, 6.45) is 4.20. The van der Waals surface area contributed by atoms with E-state index < -0.39 is 0 Å². The molecule has 0 aliphatic carbocycles. The van der Waals surface area contributed by atoms with Crippen LogP contribution in [0.3, 0.4) is 0 Å². The maximum atomic E-state index is 13.0. The quantitative estimate of drug-likeness (QED) is 0.795. The van der Waals surface area contributed by atoms with Crippen LogP contribution in [0.15, 0.2) is 48.7 Å². The van der Waals surface area contributed by atoms with Gasteiger partial charge < -0.3 is 10.2 Å². The minimum atomic E-state index is -0.248. The predicted octanol–water partition coefficient (Wildman–Crippen LogP) is 2.89. The number of hydrogen-bond acceptors (Lipinski definition) is 3. The number of aromatic nitrogens is 1. The molecule has 2 aromatic rings. The van der Waals surface area contributed by atoms with E-state index in [1.54, 1.807) is 18.3 Å². The number of nitrogens with zero attached hydrogens (tertiary/aromatic N) is 2. The number of rotatable bonds is 7. The van der Waals surface area contributed by atoms with Crippen LogP contribution < -0.4 is 5.32 Å². The average molecular weight is 327 g/mol. The van der Waals surface area contributed by atoms with Crippen molar-refractivity contribution in [3.05, 3.63) is 65.7 Å². The lowest BCUT2D eigenvalue weighted by molar-refractivity contribution is -0.129. The topological polar surface area (TPSA) is 45.2 Å². The van der Waals surface area contributed by atoms with Crippen LogP contribution in [0.5, 0.6) is 0 Å². The number of hydrogen-bond donors (Lipinski definition) is 1. The Morgan fingerprint density at radius 2 is 2.04 bits per heavy atom. The minimum Gasteiger partial charge on any atom is -0.335 e. The highest BCUT2D eigenvalue weighted by Gasteiger charge is 2.30. The van der Waals surface area contributed by atoms with Crippen molar-refractivity contribution in [2.24, 2.45) is 0 Å². The second-order valence-corrected chi connectivity index (χ2v) is 6.13. The molecule has 1 N–H and O–H groups in total. The minimum absolute atomic E-state index is 0.189. The van der Waals surface area contributed by atoms with Gasteiger partial charge >= 0.3 is 0 Å². The third-order valence-corrected chi connectivity index (χ3v) is 4.41. The summed E-state index contributed by atoms with van der Waals surface area (Å²) in [5, 5.41) is 3.39. The van der Waals surface area contributed by atoms with Gasteiger partial charge in [-0.05, 0) is 49.2 Å². The fourth-order valence-corrected chi connectivity index (χ4v) is 3.08. The van der Waals surface area contributed by atoms with Gasteiger partial charge in [-0.2, -0.15) is 0 Å². The molecule has 0 spiro atoms. The van der Waals surface area contributed by atoms with Crippen molar-refractivity contribution in [2.75, 3.05) is 6.54 Å². The van der Waals surface area contributed by atoms with Crippen molar-refractivity contribution in [2.45, 2.75) is 38.4 Å². The molecule has 5 heteroatoms. The van der Waals surface area contributed by atoms with Crippen LogP contribution in [0, 0.1) is 5.82 Å². The first-order valence-electron chi connectivity index (χ1n) is 8.37. The Balaban J connectivity index is 1.48. The van der Waals surface area contributed by atoms with Gasteiger partial charge in [0.15, 0.2) is 0 Å². The van der Waals surface area contributed by atoms with E-state index in [1.165, 1.54) is 12.1 Å². The van der Waals surface area contributed by atoms with E-state index in [0.717, 1.165) is 37.2 Å². The van der Waals surface area contributed by atoms with Crippen molar-refractivity contribution in [1.29, 1.82) is 0 Å². The zero-order chi connectivity index (χ0) is 16.8. The first-order valence-corrected chi connectivity index (χ1v) is 8.37. The Labute approximate surface area is 141 Å². The van der Waals surface area contributed by atoms with Crippen LogP contribution in [-0.4, -0.2) is 28.4 Å². The van der Waals surface area contributed by atoms with Gasteiger partial charge in [-0.3, -0.25) is 9.78 Å². The molecule has 1 saturated heterocycles. The third-order valence-electron chi connectivity index (χ3n) is 4.41. The number of pyridine rings is 1. The van der Waals surface area contributed by atoms with Gasteiger partial charge in [0.05, 0.1) is 5.69 Å². The van der Waals surface area contributed by atoms with E-state index >= 15 is 0 Å². The van der Waals surface area contributed by atoms with Gasteiger partial charge in [0.25, 0.3) is 0 Å². The molecule has 1 fully saturated rings. The van der Waals surface area contributed by atoms with E-state index in [0.29, 0.717) is 13.0 Å². The molecule has 2 heterocycles. The van der Waals surface area contributed by atoms with E-state index in [1.807, 2.05) is 23.1 Å². The van der Waals surface area contributed by atoms with Crippen LogP contribution in [-0.2, 0) is 17.9 Å². The molecule has 0 bridgehead atoms. The van der Waals surface area contributed by atoms with Gasteiger partial charge in [0.2, 0.25) is 5.91 Å². The van der Waals surface area contributed by atoms with Crippen LogP contribution in [0.25, 0.3) is 0 Å². The average Bonchev–Trinajstić information content (AvgIpc) is 2.95. The number of carbonyl (C=O) groups is 1. The first kappa shape index (κ1) is 16.6. The van der Waals surface area contributed by atoms with Gasteiger partial charge in [-0.1, -0.05) is 18.2 Å². The summed E-state index contributed by atoms with van der Waals surface area (Å²) in [7, 11) is 0. The molecule has 0 unspecified atom stereocenters. The number of likely N-dealkylation sites (tertiary alicyclic amines) is 1. The van der Waals surface area contributed by atoms with Gasteiger partial charge in [-0.25, -0.2) is 4.39 Å². The fourth-order valence-electron chi connectivity index (χ4n) is 3.08. The van der Waals surface area contributed by atoms with Crippen molar-refractivity contribution in [1.82, 2.24) is 15.2 Å². The monoisotopic (exact) mass is 327 g/mol. The van der Waals surface area contributed by atoms with Gasteiger partial charge in [0, 0.05) is 31.7 Å². The molecule has 24 heavy (non-hydrogen) atoms. The zero-order valence-corrected chi connectivity index (χ0v) is 13.6. The van der Waals surface area contributed by atoms with E-state index in [-0.39, 0.29) is 17.8 Å². The normalized spacial score (nSPS) is 17.5. The zero-order valence-electron chi connectivity index (χ0n) is 13.6. The first-order chi connectivity index (χ1) is 11.7. The Bertz CT molecular complexity index is 660. The lowest BCUT2D eigenvalue weighted by Gasteiger charge is -2.25. The summed E-state index contributed by atoms with van der Waals surface area (Å²) in [5.74, 6) is -0.0594. The number of carbonyl (C=O) groups excluding carboxylic acids is 1. The number of benzene rings is 1. The predicted molar refractivity (Wildman–Crippen MR) is 90.5 cm³/mol. The van der Waals surface area contributed by atoms with Crippen LogP contribution in [0.4, 0.5) is 4.39 Å². The number of amides is 1. The molecule has 1 amide bonds. The molecule has 126 valence electrons. The maximum Gasteiger partial charge on any atom is 0.223 e. The maximum absolute atomic E-state index is 13.0. The molecule has 1 aromatic carbocycles. The second kappa shape index (κ2) is 8.02. The van der Waals surface area contributed by atoms with Crippen LogP contribution in [0.1, 0.15) is 30.5 Å². The Hall–Kier alpha value is -2.27. The highest BCUT2D eigenvalue weighted by atomic mass is 19.1. The summed E-state index contributed by atoms with van der Waals surface area (Å²) in [6.45, 7) is 2.14. The van der Waals surface area contributed by atoms with Crippen molar-refractivity contribution in [3.63, 3.8) is 0 Å². The Morgan fingerprint density at radius 1 is 1.21 bits per heavy atom. The Kier molecular flexibility index (Phi) is 5.54. The van der Waals surface area contributed by atoms with E-state index in [4.69, 9.17) is 0 Å². The van der Waals surface area contributed by atoms with Gasteiger partial charge in [0.1, 0.15) is 5.82 Å². The molecule has 1 aromatic heterocycles. The summed E-state index contributed by atoms with van der Waals surface area (Å²) >= 11 is 0. The lowest BCUT2D eigenvalue weighted by Crippen LogP contribution is -2.34. The lowest BCUT2D eigenvalue weighted by atomic mass is 10.1. The molecular formula is C19H22FN3O. The SMILES string of the molecule is O=C1CC[C@H](CCNCc2ccccn2)N1Cc1ccc(F)cc1. The molecule has 3 rings (SSSR count). The smallest absolute Gasteiger partial charge is 0.223 e. The largest absolute Gasteiger partial charge is 0.335 e. The standard InChI is InChI=1S/C19H22FN3O/c20-16-6-4-15(5-7-16)14-23-18(8-9-19(23)24)10-12-21-13-17-3-1-2-11-22-17/h1-7,11,18,21H,8-10,12-14H2/t18-/m1/s1. The molecule has 4 nitrogen and oxygen atoms in total. The number of nitrogens with one attached hydrogen (secondary N) is 1. The van der Waals surface area contributed by atoms with Crippen molar-refractivity contribution < 1.29 is 9.18 Å². The molecule has 0 radical (unpaired) electrons. The van der Waals surface area contributed by atoms with Gasteiger partial charge in [-0.15, -0.1) is 0 Å².